The van der Waals surface area contributed by atoms with E-state index in [0.717, 1.165) is 0 Å². The monoisotopic (exact) mass is 267 g/mol. The van der Waals surface area contributed by atoms with Crippen molar-refractivity contribution < 1.29 is 27.5 Å². The number of ketones is 1. The summed E-state index contributed by atoms with van der Waals surface area (Å²) in [6.07, 6.45) is -5.91. The number of Topliss-reactive ketones (excluding diaryl/α,β-unsaturated/α-hetero) is 1. The fourth-order valence-electron chi connectivity index (χ4n) is 1.55. The van der Waals surface area contributed by atoms with E-state index < -0.39 is 36.0 Å². The minimum absolute atomic E-state index is 0.136. The maximum Gasteiger partial charge on any atom is 0.449 e. The van der Waals surface area contributed by atoms with Gasteiger partial charge in [-0.05, 0) is 20.8 Å². The SMILES string of the molecule is CC(C)(C)OC(=O)N1CC(CC(=O)C(F)(F)F)C1. The lowest BCUT2D eigenvalue weighted by Gasteiger charge is -2.39. The van der Waals surface area contributed by atoms with Crippen LogP contribution >= 0.6 is 0 Å². The van der Waals surface area contributed by atoms with Crippen molar-refractivity contribution in [3.63, 3.8) is 0 Å². The van der Waals surface area contributed by atoms with Gasteiger partial charge < -0.3 is 9.64 Å². The van der Waals surface area contributed by atoms with Crippen LogP contribution in [0.2, 0.25) is 0 Å². The predicted molar refractivity (Wildman–Crippen MR) is 57.0 cm³/mol. The molecular formula is C11H16F3NO3. The third-order valence-electron chi connectivity index (χ3n) is 2.40. The lowest BCUT2D eigenvalue weighted by molar-refractivity contribution is -0.173. The third kappa shape index (κ3) is 4.19. The second kappa shape index (κ2) is 4.78. The van der Waals surface area contributed by atoms with Gasteiger partial charge >= 0.3 is 12.3 Å². The summed E-state index contributed by atoms with van der Waals surface area (Å²) < 4.78 is 41.0. The second-order valence-electron chi connectivity index (χ2n) is 5.38. The molecule has 0 unspecified atom stereocenters. The highest BCUT2D eigenvalue weighted by Crippen LogP contribution is 2.26. The van der Waals surface area contributed by atoms with Gasteiger partial charge in [0.1, 0.15) is 5.60 Å². The van der Waals surface area contributed by atoms with Crippen LogP contribution in [0.15, 0.2) is 0 Å². The van der Waals surface area contributed by atoms with Gasteiger partial charge in [-0.15, -0.1) is 0 Å². The quantitative estimate of drug-likeness (QED) is 0.771. The maximum absolute atomic E-state index is 12.0. The number of rotatable bonds is 2. The van der Waals surface area contributed by atoms with Gasteiger partial charge in [0.2, 0.25) is 5.78 Å². The van der Waals surface area contributed by atoms with E-state index in [1.165, 1.54) is 4.90 Å². The van der Waals surface area contributed by atoms with Crippen LogP contribution in [0.25, 0.3) is 0 Å². The van der Waals surface area contributed by atoms with Gasteiger partial charge in [-0.1, -0.05) is 0 Å². The van der Waals surface area contributed by atoms with Crippen molar-refractivity contribution in [1.82, 2.24) is 4.90 Å². The van der Waals surface area contributed by atoms with Gasteiger partial charge in [0.15, 0.2) is 0 Å². The molecule has 1 saturated heterocycles. The van der Waals surface area contributed by atoms with Crippen molar-refractivity contribution in [2.75, 3.05) is 13.1 Å². The molecule has 0 aromatic carbocycles. The molecule has 104 valence electrons. The Hall–Kier alpha value is -1.27. The molecule has 18 heavy (non-hydrogen) atoms. The van der Waals surface area contributed by atoms with Crippen molar-refractivity contribution in [1.29, 1.82) is 0 Å². The van der Waals surface area contributed by atoms with Gasteiger partial charge in [0.25, 0.3) is 0 Å². The molecule has 1 aliphatic heterocycles. The molecule has 7 heteroatoms. The number of hydrogen-bond donors (Lipinski definition) is 0. The smallest absolute Gasteiger partial charge is 0.444 e. The van der Waals surface area contributed by atoms with Gasteiger partial charge in [-0.25, -0.2) is 4.79 Å². The van der Waals surface area contributed by atoms with Crippen molar-refractivity contribution in [2.24, 2.45) is 5.92 Å². The number of carbonyl (C=O) groups excluding carboxylic acids is 2. The first-order chi connectivity index (χ1) is 7.99. The minimum atomic E-state index is -4.79. The number of nitrogens with zero attached hydrogens (tertiary/aromatic N) is 1. The number of likely N-dealkylation sites (tertiary alicyclic amines) is 1. The molecule has 0 aliphatic carbocycles. The van der Waals surface area contributed by atoms with E-state index in [-0.39, 0.29) is 13.1 Å². The number of hydrogen-bond acceptors (Lipinski definition) is 3. The Balaban J connectivity index is 2.33. The normalized spacial score (nSPS) is 17.3. The van der Waals surface area contributed by atoms with Gasteiger partial charge in [-0.2, -0.15) is 13.2 Å². The van der Waals surface area contributed by atoms with E-state index >= 15 is 0 Å². The first-order valence-electron chi connectivity index (χ1n) is 5.57. The summed E-state index contributed by atoms with van der Waals surface area (Å²) in [6, 6.07) is 0. The Labute approximate surface area is 103 Å². The van der Waals surface area contributed by atoms with Gasteiger partial charge in [-0.3, -0.25) is 4.79 Å². The molecule has 0 aromatic rings. The summed E-state index contributed by atoms with van der Waals surface area (Å²) in [4.78, 5) is 23.5. The average Bonchev–Trinajstić information content (AvgIpc) is 2.04. The molecule has 0 aromatic heterocycles. The van der Waals surface area contributed by atoms with E-state index in [9.17, 15) is 22.8 Å². The van der Waals surface area contributed by atoms with Crippen LogP contribution < -0.4 is 0 Å². The largest absolute Gasteiger partial charge is 0.449 e. The Bertz CT molecular complexity index is 340. The molecule has 0 atom stereocenters. The minimum Gasteiger partial charge on any atom is -0.444 e. The Morgan fingerprint density at radius 3 is 2.11 bits per heavy atom. The average molecular weight is 267 g/mol. The van der Waals surface area contributed by atoms with Crippen LogP contribution in [-0.4, -0.2) is 41.6 Å². The van der Waals surface area contributed by atoms with Gasteiger partial charge in [0.05, 0.1) is 0 Å². The molecule has 1 fully saturated rings. The highest BCUT2D eigenvalue weighted by Gasteiger charge is 2.42. The third-order valence-corrected chi connectivity index (χ3v) is 2.40. The molecule has 1 rings (SSSR count). The van der Waals surface area contributed by atoms with Crippen LogP contribution in [0.3, 0.4) is 0 Å². The van der Waals surface area contributed by atoms with Crippen LogP contribution in [0, 0.1) is 5.92 Å². The highest BCUT2D eigenvalue weighted by molar-refractivity contribution is 5.84. The van der Waals surface area contributed by atoms with Crippen molar-refractivity contribution in [3.8, 4) is 0 Å². The molecule has 0 spiro atoms. The summed E-state index contributed by atoms with van der Waals surface area (Å²) in [5.74, 6) is -2.16. The maximum atomic E-state index is 12.0. The molecule has 1 heterocycles. The van der Waals surface area contributed by atoms with E-state index in [4.69, 9.17) is 4.74 Å². The van der Waals surface area contributed by atoms with Crippen LogP contribution in [-0.2, 0) is 9.53 Å². The van der Waals surface area contributed by atoms with Crippen molar-refractivity contribution >= 4 is 11.9 Å². The standard InChI is InChI=1S/C11H16F3NO3/c1-10(2,3)18-9(17)15-5-7(6-15)4-8(16)11(12,13)14/h7H,4-6H2,1-3H3. The lowest BCUT2D eigenvalue weighted by Crippen LogP contribution is -2.52. The molecule has 0 bridgehead atoms. The summed E-state index contributed by atoms with van der Waals surface area (Å²) >= 11 is 0. The second-order valence-corrected chi connectivity index (χ2v) is 5.38. The zero-order valence-corrected chi connectivity index (χ0v) is 10.5. The number of alkyl halides is 3. The zero-order valence-electron chi connectivity index (χ0n) is 10.5. The molecule has 1 aliphatic rings. The summed E-state index contributed by atoms with van der Waals surface area (Å²) in [5.41, 5.74) is -0.635. The van der Waals surface area contributed by atoms with E-state index in [0.29, 0.717) is 0 Å². The molecule has 1 amide bonds. The van der Waals surface area contributed by atoms with E-state index in [1.807, 2.05) is 0 Å². The van der Waals surface area contributed by atoms with Gasteiger partial charge in [0, 0.05) is 25.4 Å². The van der Waals surface area contributed by atoms with Crippen LogP contribution in [0.4, 0.5) is 18.0 Å². The number of ether oxygens (including phenoxy) is 1. The van der Waals surface area contributed by atoms with Crippen molar-refractivity contribution in [3.05, 3.63) is 0 Å². The highest BCUT2D eigenvalue weighted by atomic mass is 19.4. The predicted octanol–water partition coefficient (Wildman–Crippen LogP) is 2.37. The Kier molecular flexibility index (Phi) is 3.92. The zero-order chi connectivity index (χ0) is 14.1. The topological polar surface area (TPSA) is 46.6 Å². The molecule has 0 saturated carbocycles. The summed E-state index contributed by atoms with van der Waals surface area (Å²) in [5, 5.41) is 0. The fourth-order valence-corrected chi connectivity index (χ4v) is 1.55. The summed E-state index contributed by atoms with van der Waals surface area (Å²) in [6.45, 7) is 5.38. The van der Waals surface area contributed by atoms with Crippen LogP contribution in [0.5, 0.6) is 0 Å². The lowest BCUT2D eigenvalue weighted by atomic mass is 9.94. The number of amides is 1. The van der Waals surface area contributed by atoms with Crippen LogP contribution in [0.1, 0.15) is 27.2 Å². The summed E-state index contributed by atoms with van der Waals surface area (Å²) in [7, 11) is 0. The Morgan fingerprint density at radius 2 is 1.72 bits per heavy atom. The molecule has 4 nitrogen and oxygen atoms in total. The number of halogens is 3. The molecular weight excluding hydrogens is 251 g/mol. The van der Waals surface area contributed by atoms with E-state index in [2.05, 4.69) is 0 Å². The molecule has 0 radical (unpaired) electrons. The fraction of sp³-hybridized carbons (Fsp3) is 0.818. The van der Waals surface area contributed by atoms with Crippen molar-refractivity contribution in [2.45, 2.75) is 39.0 Å². The Morgan fingerprint density at radius 1 is 1.22 bits per heavy atom. The van der Waals surface area contributed by atoms with E-state index in [1.54, 1.807) is 20.8 Å². The number of carbonyl (C=O) groups is 2. The first-order valence-corrected chi connectivity index (χ1v) is 5.57. The molecule has 0 N–H and O–H groups in total. The first kappa shape index (κ1) is 14.8.